The molecule has 7 heteroatoms. The normalized spacial score (nSPS) is 33.7. The number of nitro groups is 2. The third kappa shape index (κ3) is 1.78. The Morgan fingerprint density at radius 1 is 1.14 bits per heavy atom. The molecule has 114 valence electrons. The summed E-state index contributed by atoms with van der Waals surface area (Å²) in [6, 6.07) is 3.69. The number of hydrogen-bond acceptors (Lipinski definition) is 5. The molecular formula is C15H14N2O5. The van der Waals surface area contributed by atoms with E-state index < -0.39 is 9.85 Å². The molecule has 0 aromatic heterocycles. The van der Waals surface area contributed by atoms with Crippen molar-refractivity contribution in [1.82, 2.24) is 0 Å². The van der Waals surface area contributed by atoms with Crippen LogP contribution in [0.15, 0.2) is 30.4 Å². The fourth-order valence-corrected chi connectivity index (χ4v) is 3.98. The average Bonchev–Trinajstić information content (AvgIpc) is 2.46. The number of ether oxygens (including phenoxy) is 1. The Hall–Kier alpha value is -2.28. The molecule has 0 unspecified atom stereocenters. The van der Waals surface area contributed by atoms with E-state index in [0.717, 1.165) is 24.3 Å². The van der Waals surface area contributed by atoms with Crippen LogP contribution in [0, 0.1) is 43.9 Å². The lowest BCUT2D eigenvalue weighted by molar-refractivity contribution is -0.394. The molecule has 1 aromatic rings. The summed E-state index contributed by atoms with van der Waals surface area (Å²) < 4.78 is 5.83. The predicted molar refractivity (Wildman–Crippen MR) is 76.0 cm³/mol. The number of rotatable bonds is 5. The fraction of sp³-hybridized carbons (Fsp3) is 0.467. The minimum Gasteiger partial charge on any atom is -0.373 e. The van der Waals surface area contributed by atoms with Crippen molar-refractivity contribution < 1.29 is 14.6 Å². The fourth-order valence-electron chi connectivity index (χ4n) is 3.98. The van der Waals surface area contributed by atoms with Crippen LogP contribution in [-0.4, -0.2) is 16.0 Å². The lowest BCUT2D eigenvalue weighted by Gasteiger charge is -2.65. The molecule has 0 amide bonds. The second-order valence-corrected chi connectivity index (χ2v) is 6.19. The first-order chi connectivity index (χ1) is 10.6. The summed E-state index contributed by atoms with van der Waals surface area (Å²) in [5, 5.41) is 21.8. The molecule has 0 radical (unpaired) electrons. The van der Waals surface area contributed by atoms with Gasteiger partial charge in [0.15, 0.2) is 0 Å². The highest BCUT2D eigenvalue weighted by Crippen LogP contribution is 2.64. The van der Waals surface area contributed by atoms with Crippen molar-refractivity contribution in [3.05, 3.63) is 56.1 Å². The molecule has 5 atom stereocenters. The van der Waals surface area contributed by atoms with E-state index in [-0.39, 0.29) is 24.1 Å². The smallest absolute Gasteiger partial charge is 0.281 e. The molecule has 0 saturated heterocycles. The van der Waals surface area contributed by atoms with Crippen LogP contribution in [0.1, 0.15) is 12.0 Å². The van der Waals surface area contributed by atoms with Crippen LogP contribution in [0.5, 0.6) is 0 Å². The Bertz CT molecular complexity index is 701. The molecule has 0 bridgehead atoms. The topological polar surface area (TPSA) is 95.5 Å². The third-order valence-corrected chi connectivity index (χ3v) is 5.30. The number of nitro benzene ring substituents is 2. The number of benzene rings is 1. The zero-order valence-electron chi connectivity index (χ0n) is 11.6. The Labute approximate surface area is 125 Å². The summed E-state index contributed by atoms with van der Waals surface area (Å²) in [5.74, 6) is 2.66. The number of nitrogens with zero attached hydrogens (tertiary/aromatic N) is 2. The van der Waals surface area contributed by atoms with Gasteiger partial charge in [-0.2, -0.15) is 0 Å². The Morgan fingerprint density at radius 2 is 1.91 bits per heavy atom. The van der Waals surface area contributed by atoms with E-state index in [1.807, 2.05) is 0 Å². The van der Waals surface area contributed by atoms with Crippen molar-refractivity contribution in [2.45, 2.75) is 19.1 Å². The van der Waals surface area contributed by atoms with Crippen LogP contribution in [0.2, 0.25) is 0 Å². The third-order valence-electron chi connectivity index (χ3n) is 5.30. The van der Waals surface area contributed by atoms with Crippen LogP contribution in [0.3, 0.4) is 0 Å². The van der Waals surface area contributed by atoms with E-state index in [1.54, 1.807) is 0 Å². The highest BCUT2D eigenvalue weighted by Gasteiger charge is 2.62. The van der Waals surface area contributed by atoms with Gasteiger partial charge in [-0.25, -0.2) is 0 Å². The molecule has 4 rings (SSSR count). The van der Waals surface area contributed by atoms with Gasteiger partial charge in [-0.15, -0.1) is 0 Å². The van der Waals surface area contributed by atoms with E-state index in [2.05, 4.69) is 12.2 Å². The predicted octanol–water partition coefficient (Wildman–Crippen LogP) is 2.84. The lowest BCUT2D eigenvalue weighted by atomic mass is 9.42. The van der Waals surface area contributed by atoms with Gasteiger partial charge in [0.2, 0.25) is 0 Å². The van der Waals surface area contributed by atoms with Crippen molar-refractivity contribution in [1.29, 1.82) is 0 Å². The quantitative estimate of drug-likeness (QED) is 0.473. The van der Waals surface area contributed by atoms with Gasteiger partial charge in [-0.1, -0.05) is 12.2 Å². The maximum Gasteiger partial charge on any atom is 0.281 e. The first-order valence-electron chi connectivity index (χ1n) is 7.28. The number of hydrogen-bond donors (Lipinski definition) is 0. The molecule has 0 aliphatic heterocycles. The van der Waals surface area contributed by atoms with Gasteiger partial charge in [0.1, 0.15) is 0 Å². The van der Waals surface area contributed by atoms with Crippen LogP contribution in [0.25, 0.3) is 0 Å². The van der Waals surface area contributed by atoms with Gasteiger partial charge in [0.25, 0.3) is 11.4 Å². The number of allylic oxidation sites excluding steroid dienone is 2. The van der Waals surface area contributed by atoms with Crippen molar-refractivity contribution in [3.63, 3.8) is 0 Å². The molecule has 1 aromatic carbocycles. The Kier molecular flexibility index (Phi) is 2.80. The summed E-state index contributed by atoms with van der Waals surface area (Å²) in [4.78, 5) is 20.6. The molecule has 3 aliphatic rings. The number of fused-ring (bicyclic) bond motifs is 4. The first kappa shape index (κ1) is 13.4. The van der Waals surface area contributed by atoms with Crippen LogP contribution < -0.4 is 0 Å². The molecular weight excluding hydrogens is 288 g/mol. The zero-order valence-corrected chi connectivity index (χ0v) is 11.6. The standard InChI is InChI=1S/C15H14N2O5/c18-16(19)9-2-1-8(13(5-9)17(20)21)7-22-14-6-12-10-3-4-11(10)15(12)14/h1-5,10-12,14-15H,6-7H2/t10-,11-,12+,14-,15-/m0/s1. The Balaban J connectivity index is 1.45. The maximum atomic E-state index is 11.1. The summed E-state index contributed by atoms with van der Waals surface area (Å²) in [5.41, 5.74) is -0.139. The SMILES string of the molecule is O=[N+]([O-])c1ccc(CO[C@H]2C[C@@H]3[C@H]4C=C[C@@H]4[C@@H]32)c([N+](=O)[O-])c1. The highest BCUT2D eigenvalue weighted by atomic mass is 16.6. The van der Waals surface area contributed by atoms with Crippen LogP contribution in [0.4, 0.5) is 11.4 Å². The monoisotopic (exact) mass is 302 g/mol. The molecule has 2 fully saturated rings. The lowest BCUT2D eigenvalue weighted by Crippen LogP contribution is -2.63. The molecule has 7 nitrogen and oxygen atoms in total. The molecule has 22 heavy (non-hydrogen) atoms. The molecule has 0 heterocycles. The highest BCUT2D eigenvalue weighted by molar-refractivity contribution is 5.48. The van der Waals surface area contributed by atoms with Gasteiger partial charge < -0.3 is 4.74 Å². The van der Waals surface area contributed by atoms with E-state index in [4.69, 9.17) is 4.74 Å². The van der Waals surface area contributed by atoms with Crippen LogP contribution >= 0.6 is 0 Å². The van der Waals surface area contributed by atoms with Gasteiger partial charge in [-0.3, -0.25) is 20.2 Å². The van der Waals surface area contributed by atoms with Crippen LogP contribution in [-0.2, 0) is 11.3 Å². The van der Waals surface area contributed by atoms with E-state index in [0.29, 0.717) is 17.4 Å². The minimum atomic E-state index is -0.633. The summed E-state index contributed by atoms with van der Waals surface area (Å²) in [6.45, 7) is 0.128. The average molecular weight is 302 g/mol. The van der Waals surface area contributed by atoms with Crippen molar-refractivity contribution in [3.8, 4) is 0 Å². The zero-order chi connectivity index (χ0) is 15.4. The second-order valence-electron chi connectivity index (χ2n) is 6.19. The minimum absolute atomic E-state index is 0.128. The molecule has 2 saturated carbocycles. The first-order valence-corrected chi connectivity index (χ1v) is 7.28. The summed E-state index contributed by atoms with van der Waals surface area (Å²) in [6.07, 6.45) is 5.64. The van der Waals surface area contributed by atoms with Gasteiger partial charge in [-0.05, 0) is 36.2 Å². The summed E-state index contributed by atoms with van der Waals surface area (Å²) >= 11 is 0. The van der Waals surface area contributed by atoms with E-state index >= 15 is 0 Å². The maximum absolute atomic E-state index is 11.1. The molecule has 0 spiro atoms. The Morgan fingerprint density at radius 3 is 2.50 bits per heavy atom. The number of non-ortho nitro benzene ring substituents is 1. The van der Waals surface area contributed by atoms with Gasteiger partial charge in [0, 0.05) is 6.07 Å². The van der Waals surface area contributed by atoms with Crippen molar-refractivity contribution in [2.24, 2.45) is 23.7 Å². The van der Waals surface area contributed by atoms with E-state index in [9.17, 15) is 20.2 Å². The summed E-state index contributed by atoms with van der Waals surface area (Å²) in [7, 11) is 0. The van der Waals surface area contributed by atoms with Gasteiger partial charge >= 0.3 is 0 Å². The largest absolute Gasteiger partial charge is 0.373 e. The van der Waals surface area contributed by atoms with E-state index in [1.165, 1.54) is 12.1 Å². The second kappa shape index (κ2) is 4.61. The van der Waals surface area contributed by atoms with Crippen molar-refractivity contribution in [2.75, 3.05) is 0 Å². The van der Waals surface area contributed by atoms with Crippen molar-refractivity contribution >= 4 is 11.4 Å². The van der Waals surface area contributed by atoms with Gasteiger partial charge in [0.05, 0.1) is 34.2 Å². The molecule has 0 N–H and O–H groups in total. The molecule has 3 aliphatic carbocycles.